The number of hydrogen-bond donors (Lipinski definition) is 1. The van der Waals surface area contributed by atoms with Crippen LogP contribution in [0.3, 0.4) is 0 Å². The molecule has 0 bridgehead atoms. The van der Waals surface area contributed by atoms with Crippen LogP contribution in [0.2, 0.25) is 0 Å². The highest BCUT2D eigenvalue weighted by atomic mass is 32.1. The lowest BCUT2D eigenvalue weighted by Crippen LogP contribution is -2.09. The van der Waals surface area contributed by atoms with Crippen molar-refractivity contribution in [1.82, 2.24) is 0 Å². The number of aryl methyl sites for hydroxylation is 1. The van der Waals surface area contributed by atoms with E-state index in [1.54, 1.807) is 25.3 Å². The third-order valence-electron chi connectivity index (χ3n) is 3.36. The van der Waals surface area contributed by atoms with Crippen molar-refractivity contribution in [1.29, 1.82) is 5.26 Å². The van der Waals surface area contributed by atoms with Gasteiger partial charge in [-0.2, -0.15) is 5.26 Å². The van der Waals surface area contributed by atoms with E-state index in [2.05, 4.69) is 6.07 Å². The molecule has 2 aromatic carbocycles. The molecule has 0 aromatic heterocycles. The number of nitrogens with zero attached hydrogens (tertiary/aromatic N) is 1. The van der Waals surface area contributed by atoms with Crippen LogP contribution < -0.4 is 15.2 Å². The van der Waals surface area contributed by atoms with Crippen LogP contribution in [0.1, 0.15) is 16.7 Å². The monoisotopic (exact) mass is 338 g/mol. The van der Waals surface area contributed by atoms with E-state index >= 15 is 0 Å². The summed E-state index contributed by atoms with van der Waals surface area (Å²) < 4.78 is 11.2. The van der Waals surface area contributed by atoms with E-state index in [4.69, 9.17) is 32.7 Å². The number of ether oxygens (including phenoxy) is 2. The highest BCUT2D eigenvalue weighted by Gasteiger charge is 2.07. The number of benzene rings is 2. The van der Waals surface area contributed by atoms with Crippen molar-refractivity contribution in [3.63, 3.8) is 0 Å². The third-order valence-corrected chi connectivity index (χ3v) is 3.58. The second kappa shape index (κ2) is 8.14. The fraction of sp³-hybridized carbons (Fsp3) is 0.158. The van der Waals surface area contributed by atoms with Gasteiger partial charge in [0, 0.05) is 0 Å². The number of nitriles is 1. The average Bonchev–Trinajstić information content (AvgIpc) is 2.58. The molecule has 2 N–H and O–H groups in total. The smallest absolute Gasteiger partial charge is 0.161 e. The summed E-state index contributed by atoms with van der Waals surface area (Å²) in [4.78, 5) is 0.0660. The van der Waals surface area contributed by atoms with Gasteiger partial charge in [0.15, 0.2) is 11.5 Å². The Morgan fingerprint density at radius 2 is 2.04 bits per heavy atom. The van der Waals surface area contributed by atoms with Gasteiger partial charge in [-0.05, 0) is 36.3 Å². The second-order valence-corrected chi connectivity index (χ2v) is 5.66. The van der Waals surface area contributed by atoms with E-state index in [1.165, 1.54) is 5.56 Å². The fourth-order valence-electron chi connectivity index (χ4n) is 2.18. The Morgan fingerprint density at radius 1 is 1.25 bits per heavy atom. The zero-order valence-electron chi connectivity index (χ0n) is 13.6. The number of hydrogen-bond acceptors (Lipinski definition) is 4. The molecule has 0 saturated heterocycles. The highest BCUT2D eigenvalue weighted by molar-refractivity contribution is 7.80. The summed E-state index contributed by atoms with van der Waals surface area (Å²) in [5.74, 6) is 1.21. The van der Waals surface area contributed by atoms with Gasteiger partial charge in [-0.15, -0.1) is 0 Å². The van der Waals surface area contributed by atoms with Crippen molar-refractivity contribution < 1.29 is 9.47 Å². The number of rotatable bonds is 6. The summed E-state index contributed by atoms with van der Waals surface area (Å²) >= 11 is 4.84. The maximum atomic E-state index is 9.03. The largest absolute Gasteiger partial charge is 0.493 e. The van der Waals surface area contributed by atoms with E-state index < -0.39 is 0 Å². The quantitative estimate of drug-likeness (QED) is 0.493. The number of nitrogens with two attached hydrogens (primary N) is 1. The number of methoxy groups -OCH3 is 1. The van der Waals surface area contributed by atoms with Gasteiger partial charge >= 0.3 is 0 Å². The van der Waals surface area contributed by atoms with Gasteiger partial charge in [0.2, 0.25) is 0 Å². The van der Waals surface area contributed by atoms with Crippen LogP contribution in [0.4, 0.5) is 0 Å². The lowest BCUT2D eigenvalue weighted by molar-refractivity contribution is 0.284. The summed E-state index contributed by atoms with van der Waals surface area (Å²) in [6.07, 6.45) is 1.62. The molecule has 0 aliphatic heterocycles. The van der Waals surface area contributed by atoms with Gasteiger partial charge in [0.05, 0.1) is 12.7 Å². The van der Waals surface area contributed by atoms with Crippen LogP contribution in [-0.2, 0) is 6.61 Å². The molecule has 0 atom stereocenters. The summed E-state index contributed by atoms with van der Waals surface area (Å²) in [5.41, 5.74) is 8.79. The molecule has 0 saturated carbocycles. The van der Waals surface area contributed by atoms with Crippen LogP contribution in [0.15, 0.2) is 48.0 Å². The molecule has 2 aromatic rings. The molecule has 122 valence electrons. The summed E-state index contributed by atoms with van der Waals surface area (Å²) in [6, 6.07) is 15.5. The second-order valence-electron chi connectivity index (χ2n) is 5.22. The summed E-state index contributed by atoms with van der Waals surface area (Å²) in [7, 11) is 1.57. The van der Waals surface area contributed by atoms with Crippen molar-refractivity contribution in [2.45, 2.75) is 13.5 Å². The molecular weight excluding hydrogens is 320 g/mol. The summed E-state index contributed by atoms with van der Waals surface area (Å²) in [6.45, 7) is 2.49. The van der Waals surface area contributed by atoms with Gasteiger partial charge in [0.25, 0.3) is 0 Å². The average molecular weight is 338 g/mol. The van der Waals surface area contributed by atoms with Gasteiger partial charge in [-0.3, -0.25) is 0 Å². The lowest BCUT2D eigenvalue weighted by atomic mass is 10.1. The Morgan fingerprint density at radius 3 is 2.67 bits per heavy atom. The molecule has 0 aliphatic rings. The van der Waals surface area contributed by atoms with Gasteiger partial charge in [0.1, 0.15) is 17.7 Å². The minimum atomic E-state index is 0.0660. The van der Waals surface area contributed by atoms with E-state index in [9.17, 15) is 0 Å². The minimum absolute atomic E-state index is 0.0660. The zero-order valence-corrected chi connectivity index (χ0v) is 14.4. The molecule has 2 rings (SSSR count). The topological polar surface area (TPSA) is 68.3 Å². The molecule has 0 radical (unpaired) electrons. The van der Waals surface area contributed by atoms with Crippen LogP contribution in [0.5, 0.6) is 11.5 Å². The normalized spacial score (nSPS) is 10.8. The molecule has 5 heteroatoms. The SMILES string of the molecule is COc1cc(/C=C(/C#N)C(N)=S)ccc1OCc1cccc(C)c1. The first-order chi connectivity index (χ1) is 11.5. The van der Waals surface area contributed by atoms with Crippen LogP contribution in [0.25, 0.3) is 6.08 Å². The van der Waals surface area contributed by atoms with Crippen LogP contribution in [0, 0.1) is 18.3 Å². The van der Waals surface area contributed by atoms with Crippen molar-refractivity contribution in [2.24, 2.45) is 5.73 Å². The standard InChI is InChI=1S/C19H18N2O2S/c1-13-4-3-5-15(8-13)12-23-17-7-6-14(10-18(17)22-2)9-16(11-20)19(21)24/h3-10H,12H2,1-2H3,(H2,21,24)/b16-9-. The molecule has 24 heavy (non-hydrogen) atoms. The molecule has 0 spiro atoms. The van der Waals surface area contributed by atoms with Gasteiger partial charge in [-0.1, -0.05) is 48.1 Å². The Bertz CT molecular complexity index is 822. The molecule has 0 fully saturated rings. The Balaban J connectivity index is 2.20. The van der Waals surface area contributed by atoms with Crippen LogP contribution in [-0.4, -0.2) is 12.1 Å². The predicted molar refractivity (Wildman–Crippen MR) is 98.9 cm³/mol. The fourth-order valence-corrected chi connectivity index (χ4v) is 2.29. The molecule has 0 aliphatic carbocycles. The Kier molecular flexibility index (Phi) is 5.94. The van der Waals surface area contributed by atoms with E-state index in [0.717, 1.165) is 11.1 Å². The summed E-state index contributed by atoms with van der Waals surface area (Å²) in [5, 5.41) is 9.03. The molecule has 0 heterocycles. The first-order valence-electron chi connectivity index (χ1n) is 7.31. The van der Waals surface area contributed by atoms with Crippen molar-refractivity contribution >= 4 is 23.3 Å². The third kappa shape index (κ3) is 4.58. The molecule has 0 unspecified atom stereocenters. The highest BCUT2D eigenvalue weighted by Crippen LogP contribution is 2.29. The zero-order chi connectivity index (χ0) is 17.5. The van der Waals surface area contributed by atoms with Crippen molar-refractivity contribution in [3.05, 3.63) is 64.7 Å². The Labute approximate surface area is 147 Å². The predicted octanol–water partition coefficient (Wildman–Crippen LogP) is 3.78. The Hall–Kier alpha value is -2.84. The van der Waals surface area contributed by atoms with Crippen molar-refractivity contribution in [3.8, 4) is 17.6 Å². The van der Waals surface area contributed by atoms with Crippen molar-refractivity contribution in [2.75, 3.05) is 7.11 Å². The van der Waals surface area contributed by atoms with Gasteiger partial charge < -0.3 is 15.2 Å². The minimum Gasteiger partial charge on any atom is -0.493 e. The maximum Gasteiger partial charge on any atom is 0.161 e. The lowest BCUT2D eigenvalue weighted by Gasteiger charge is -2.12. The first kappa shape index (κ1) is 17.5. The van der Waals surface area contributed by atoms with E-state index in [1.807, 2.05) is 37.3 Å². The van der Waals surface area contributed by atoms with Gasteiger partial charge in [-0.25, -0.2) is 0 Å². The maximum absolute atomic E-state index is 9.03. The van der Waals surface area contributed by atoms with Crippen LogP contribution >= 0.6 is 12.2 Å². The molecule has 0 amide bonds. The van der Waals surface area contributed by atoms with E-state index in [0.29, 0.717) is 18.1 Å². The first-order valence-corrected chi connectivity index (χ1v) is 7.72. The number of thiocarbonyl (C=S) groups is 1. The molecule has 4 nitrogen and oxygen atoms in total. The van der Waals surface area contributed by atoms with E-state index in [-0.39, 0.29) is 10.6 Å². The molecular formula is C19H18N2O2S.